The number of aliphatic hydroxyl groups excluding tert-OH is 1. The topological polar surface area (TPSA) is 136 Å². The number of nitrogens with two attached hydrogens (primary N) is 1. The average Bonchev–Trinajstić information content (AvgIpc) is 3.45. The second kappa shape index (κ2) is 10.3. The first kappa shape index (κ1) is 27.1. The Morgan fingerprint density at radius 1 is 1.11 bits per heavy atom. The van der Waals surface area contributed by atoms with E-state index in [0.717, 1.165) is 58.7 Å². The predicted molar refractivity (Wildman–Crippen MR) is 168 cm³/mol. The van der Waals surface area contributed by atoms with Crippen LogP contribution in [0, 0.1) is 11.8 Å². The highest BCUT2D eigenvalue weighted by Crippen LogP contribution is 2.40. The molecule has 2 bridgehead atoms. The fourth-order valence-electron chi connectivity index (χ4n) is 7.18. The lowest BCUT2D eigenvalue weighted by atomic mass is 10.1. The van der Waals surface area contributed by atoms with Gasteiger partial charge in [-0.2, -0.15) is 0 Å². The SMILES string of the molecule is COc1cc(C(=O)N2CC3CCC2C3N)cc2nc(-c3cc4ccc(Nc5ccnc(CO)c5)nc4n3CC3CC3)n(C)c12. The zero-order chi connectivity index (χ0) is 30.1. The van der Waals surface area contributed by atoms with Gasteiger partial charge in [-0.15, -0.1) is 0 Å². The van der Waals surface area contributed by atoms with Crippen molar-refractivity contribution < 1.29 is 14.6 Å². The van der Waals surface area contributed by atoms with E-state index in [1.165, 1.54) is 12.8 Å². The van der Waals surface area contributed by atoms with Gasteiger partial charge in [0.1, 0.15) is 22.7 Å². The first-order valence-corrected chi connectivity index (χ1v) is 15.4. The number of benzene rings is 1. The quantitative estimate of drug-likeness (QED) is 0.244. The van der Waals surface area contributed by atoms with Crippen LogP contribution >= 0.6 is 0 Å². The van der Waals surface area contributed by atoms with Crippen molar-refractivity contribution in [2.24, 2.45) is 24.6 Å². The van der Waals surface area contributed by atoms with E-state index in [9.17, 15) is 9.90 Å². The highest BCUT2D eigenvalue weighted by molar-refractivity contribution is 6.00. The number of methoxy groups -OCH3 is 1. The number of carbonyl (C=O) groups is 1. The molecule has 44 heavy (non-hydrogen) atoms. The molecule has 1 aliphatic heterocycles. The van der Waals surface area contributed by atoms with E-state index in [2.05, 4.69) is 31.6 Å². The van der Waals surface area contributed by atoms with Gasteiger partial charge in [0.05, 0.1) is 30.6 Å². The highest BCUT2D eigenvalue weighted by Gasteiger charge is 2.47. The van der Waals surface area contributed by atoms with Gasteiger partial charge in [0.2, 0.25) is 0 Å². The summed E-state index contributed by atoms with van der Waals surface area (Å²) >= 11 is 0. The number of hydrogen-bond acceptors (Lipinski definition) is 8. The van der Waals surface area contributed by atoms with Gasteiger partial charge in [-0.1, -0.05) is 0 Å². The third kappa shape index (κ3) is 4.41. The summed E-state index contributed by atoms with van der Waals surface area (Å²) in [7, 11) is 3.63. The number of aryl methyl sites for hydroxylation is 1. The van der Waals surface area contributed by atoms with E-state index in [1.54, 1.807) is 13.3 Å². The summed E-state index contributed by atoms with van der Waals surface area (Å²) in [5.74, 6) is 3.10. The van der Waals surface area contributed by atoms with Gasteiger partial charge in [0, 0.05) is 55.1 Å². The smallest absolute Gasteiger partial charge is 0.254 e. The van der Waals surface area contributed by atoms with Crippen LogP contribution in [0.5, 0.6) is 5.75 Å². The van der Waals surface area contributed by atoms with Crippen LogP contribution in [0.15, 0.2) is 48.7 Å². The number of piperidine rings is 1. The Bertz CT molecular complexity index is 1930. The zero-order valence-corrected chi connectivity index (χ0v) is 24.9. The molecule has 4 aromatic heterocycles. The molecule has 1 aromatic carbocycles. The van der Waals surface area contributed by atoms with Crippen LogP contribution in [0.4, 0.5) is 11.5 Å². The number of aromatic nitrogens is 5. The van der Waals surface area contributed by atoms with Crippen molar-refractivity contribution in [3.05, 3.63) is 59.9 Å². The largest absolute Gasteiger partial charge is 0.494 e. The van der Waals surface area contributed by atoms with E-state index in [0.29, 0.717) is 41.2 Å². The molecular formula is C33H36N8O3. The molecule has 3 atom stereocenters. The van der Waals surface area contributed by atoms with E-state index in [-0.39, 0.29) is 24.6 Å². The molecule has 3 aliphatic rings. The van der Waals surface area contributed by atoms with Crippen LogP contribution in [-0.4, -0.2) is 65.7 Å². The van der Waals surface area contributed by atoms with Crippen LogP contribution in [-0.2, 0) is 20.2 Å². The Morgan fingerprint density at radius 3 is 2.70 bits per heavy atom. The summed E-state index contributed by atoms with van der Waals surface area (Å²) < 4.78 is 10.2. The molecule has 3 unspecified atom stereocenters. The monoisotopic (exact) mass is 592 g/mol. The van der Waals surface area contributed by atoms with Gasteiger partial charge < -0.3 is 34.9 Å². The first-order valence-electron chi connectivity index (χ1n) is 15.4. The molecule has 1 saturated heterocycles. The van der Waals surface area contributed by atoms with E-state index in [1.807, 2.05) is 42.3 Å². The van der Waals surface area contributed by atoms with E-state index in [4.69, 9.17) is 20.4 Å². The van der Waals surface area contributed by atoms with Gasteiger partial charge in [0.15, 0.2) is 5.82 Å². The number of nitrogens with zero attached hydrogens (tertiary/aromatic N) is 6. The number of carbonyl (C=O) groups excluding carboxylic acids is 1. The van der Waals surface area contributed by atoms with E-state index >= 15 is 0 Å². The van der Waals surface area contributed by atoms with Crippen molar-refractivity contribution in [1.82, 2.24) is 29.0 Å². The van der Waals surface area contributed by atoms with Gasteiger partial charge >= 0.3 is 0 Å². The van der Waals surface area contributed by atoms with Crippen molar-refractivity contribution in [2.75, 3.05) is 19.0 Å². The number of ether oxygens (including phenoxy) is 1. The Labute approximate surface area is 254 Å². The third-order valence-corrected chi connectivity index (χ3v) is 9.68. The van der Waals surface area contributed by atoms with Gasteiger partial charge in [-0.25, -0.2) is 9.97 Å². The summed E-state index contributed by atoms with van der Waals surface area (Å²) in [6, 6.07) is 13.7. The maximum Gasteiger partial charge on any atom is 0.254 e. The van der Waals surface area contributed by atoms with Crippen molar-refractivity contribution in [3.63, 3.8) is 0 Å². The number of anilines is 2. The molecule has 2 saturated carbocycles. The molecule has 11 heteroatoms. The summed E-state index contributed by atoms with van der Waals surface area (Å²) in [6.45, 7) is 1.44. The molecular weight excluding hydrogens is 556 g/mol. The van der Waals surface area contributed by atoms with E-state index < -0.39 is 0 Å². The average molecular weight is 593 g/mol. The van der Waals surface area contributed by atoms with Crippen molar-refractivity contribution in [3.8, 4) is 17.3 Å². The molecule has 11 nitrogen and oxygen atoms in total. The molecule has 3 fully saturated rings. The fraction of sp³-hybridized carbons (Fsp3) is 0.394. The van der Waals surface area contributed by atoms with Crippen LogP contribution < -0.4 is 15.8 Å². The van der Waals surface area contributed by atoms with Crippen molar-refractivity contribution in [2.45, 2.75) is 50.9 Å². The highest BCUT2D eigenvalue weighted by atomic mass is 16.5. The maximum absolute atomic E-state index is 13.7. The summed E-state index contributed by atoms with van der Waals surface area (Å²) in [5.41, 5.74) is 11.8. The second-order valence-corrected chi connectivity index (χ2v) is 12.5. The molecule has 8 rings (SSSR count). The van der Waals surface area contributed by atoms with Gasteiger partial charge in [-0.05, 0) is 80.0 Å². The predicted octanol–water partition coefficient (Wildman–Crippen LogP) is 4.20. The molecule has 226 valence electrons. The van der Waals surface area contributed by atoms with Crippen LogP contribution in [0.3, 0.4) is 0 Å². The number of pyridine rings is 2. The summed E-state index contributed by atoms with van der Waals surface area (Å²) in [6.07, 6.45) is 6.12. The number of likely N-dealkylation sites (tertiary alicyclic amines) is 1. The lowest BCUT2D eigenvalue weighted by molar-refractivity contribution is 0.0700. The Hall–Kier alpha value is -4.48. The normalized spacial score (nSPS) is 21.1. The second-order valence-electron chi connectivity index (χ2n) is 12.5. The number of hydrogen-bond donors (Lipinski definition) is 3. The number of nitrogens with one attached hydrogen (secondary N) is 1. The Kier molecular flexibility index (Phi) is 6.35. The van der Waals surface area contributed by atoms with Crippen LogP contribution in [0.25, 0.3) is 33.6 Å². The first-order chi connectivity index (χ1) is 21.4. The van der Waals surface area contributed by atoms with Gasteiger partial charge in [0.25, 0.3) is 5.91 Å². The Morgan fingerprint density at radius 2 is 1.98 bits per heavy atom. The van der Waals surface area contributed by atoms with Crippen LogP contribution in [0.1, 0.15) is 41.7 Å². The molecule has 2 aliphatic carbocycles. The number of rotatable bonds is 8. The number of amides is 1. The minimum atomic E-state index is -0.124. The minimum absolute atomic E-state index is 0.00700. The molecule has 4 N–H and O–H groups in total. The fourth-order valence-corrected chi connectivity index (χ4v) is 7.18. The number of aliphatic hydroxyl groups is 1. The molecule has 1 amide bonds. The minimum Gasteiger partial charge on any atom is -0.494 e. The molecule has 0 radical (unpaired) electrons. The standard InChI is InChI=1S/C33H36N8O3/c1-39-30-24(11-21(13-27(30)44-2)33(43)41-16-20-5-7-25(41)29(20)34)37-32(39)26-12-19-6-8-28(36-22-9-10-35-23(14-22)17-42)38-31(19)40(26)15-18-3-4-18/h6,8-14,18,20,25,29,42H,3-5,7,15-17,34H2,1-2H3,(H,35,36,38). The van der Waals surface area contributed by atoms with Crippen LogP contribution in [0.2, 0.25) is 0 Å². The van der Waals surface area contributed by atoms with Crippen molar-refractivity contribution in [1.29, 1.82) is 0 Å². The lowest BCUT2D eigenvalue weighted by Gasteiger charge is -2.27. The maximum atomic E-state index is 13.7. The third-order valence-electron chi connectivity index (χ3n) is 9.68. The number of imidazole rings is 1. The summed E-state index contributed by atoms with van der Waals surface area (Å²) in [4.78, 5) is 29.9. The molecule has 5 aromatic rings. The Balaban J connectivity index is 1.20. The zero-order valence-electron chi connectivity index (χ0n) is 24.9. The van der Waals surface area contributed by atoms with Crippen molar-refractivity contribution >= 4 is 39.5 Å². The van der Waals surface area contributed by atoms with Gasteiger partial charge in [-0.3, -0.25) is 9.78 Å². The summed E-state index contributed by atoms with van der Waals surface area (Å²) in [5, 5.41) is 13.9. The molecule has 5 heterocycles. The number of fused-ring (bicyclic) bond motifs is 4. The molecule has 0 spiro atoms. The lowest BCUT2D eigenvalue weighted by Crippen LogP contribution is -2.41.